The van der Waals surface area contributed by atoms with Gasteiger partial charge in [0.2, 0.25) is 5.91 Å². The molecule has 0 unspecified atom stereocenters. The summed E-state index contributed by atoms with van der Waals surface area (Å²) in [4.78, 5) is 21.2. The van der Waals surface area contributed by atoms with Crippen molar-refractivity contribution >= 4 is 55.8 Å². The van der Waals surface area contributed by atoms with Gasteiger partial charge in [-0.25, -0.2) is 9.97 Å². The van der Waals surface area contributed by atoms with Crippen molar-refractivity contribution in [2.75, 3.05) is 5.32 Å². The average molecular weight is 372 g/mol. The fourth-order valence-electron chi connectivity index (χ4n) is 2.39. The average Bonchev–Trinajstić information content (AvgIpc) is 3.25. The lowest BCUT2D eigenvalue weighted by atomic mass is 10.2. The van der Waals surface area contributed by atoms with E-state index < -0.39 is 0 Å². The quantitative estimate of drug-likeness (QED) is 0.551. The fraction of sp³-hybridized carbons (Fsp3) is 0.118. The molecular weight excluding hydrogens is 358 g/mol. The number of hydrogen-bond donors (Lipinski definition) is 1. The number of carbonyl (C=O) groups excluding carboxylic acids is 1. The maximum Gasteiger partial charge on any atom is 0.230 e. The van der Waals surface area contributed by atoms with Gasteiger partial charge in [0, 0.05) is 22.0 Å². The minimum Gasteiger partial charge on any atom is -0.326 e. The topological polar surface area (TPSA) is 54.9 Å². The van der Waals surface area contributed by atoms with Crippen LogP contribution in [-0.4, -0.2) is 15.9 Å². The standard InChI is InChI=1S/C17H13N3OS3/c1-10-18-14-3-2-12(6-15(14)24-10)19-16(21)7-13-9-23-17(20-13)11-4-5-22-8-11/h2-6,8-9H,7H2,1H3,(H,19,21). The number of carbonyl (C=O) groups is 1. The number of amides is 1. The molecule has 3 heterocycles. The Hall–Kier alpha value is -2.09. The van der Waals surface area contributed by atoms with Crippen molar-refractivity contribution in [3.8, 4) is 10.6 Å². The lowest BCUT2D eigenvalue weighted by Gasteiger charge is -2.03. The molecule has 1 aromatic carbocycles. The molecular formula is C17H13N3OS3. The van der Waals surface area contributed by atoms with Gasteiger partial charge in [-0.05, 0) is 36.6 Å². The number of aromatic nitrogens is 2. The first-order valence-corrected chi connectivity index (χ1v) is 9.95. The molecule has 0 atom stereocenters. The highest BCUT2D eigenvalue weighted by molar-refractivity contribution is 7.18. The first-order valence-electron chi connectivity index (χ1n) is 7.31. The van der Waals surface area contributed by atoms with E-state index in [2.05, 4.69) is 20.7 Å². The number of hydrogen-bond acceptors (Lipinski definition) is 6. The summed E-state index contributed by atoms with van der Waals surface area (Å²) in [6, 6.07) is 7.83. The van der Waals surface area contributed by atoms with Crippen LogP contribution in [0, 0.1) is 6.92 Å². The van der Waals surface area contributed by atoms with Gasteiger partial charge in [-0.3, -0.25) is 4.79 Å². The van der Waals surface area contributed by atoms with Crippen LogP contribution in [0.5, 0.6) is 0 Å². The Morgan fingerprint density at radius 2 is 2.12 bits per heavy atom. The highest BCUT2D eigenvalue weighted by Gasteiger charge is 2.10. The second-order valence-electron chi connectivity index (χ2n) is 5.30. The summed E-state index contributed by atoms with van der Waals surface area (Å²) in [6.07, 6.45) is 0.278. The normalized spacial score (nSPS) is 11.0. The van der Waals surface area contributed by atoms with E-state index in [1.54, 1.807) is 34.0 Å². The van der Waals surface area contributed by atoms with E-state index in [4.69, 9.17) is 0 Å². The summed E-state index contributed by atoms with van der Waals surface area (Å²) in [6.45, 7) is 1.98. The fourth-order valence-corrected chi connectivity index (χ4v) is 4.79. The predicted octanol–water partition coefficient (Wildman–Crippen LogP) is 4.97. The van der Waals surface area contributed by atoms with Gasteiger partial charge in [0.15, 0.2) is 0 Å². The van der Waals surface area contributed by atoms with Crippen LogP contribution in [0.1, 0.15) is 10.7 Å². The smallest absolute Gasteiger partial charge is 0.230 e. The van der Waals surface area contributed by atoms with E-state index in [1.165, 1.54) is 0 Å². The van der Waals surface area contributed by atoms with E-state index in [0.717, 1.165) is 37.2 Å². The second kappa shape index (κ2) is 6.43. The molecule has 0 saturated heterocycles. The van der Waals surface area contributed by atoms with Crippen molar-refractivity contribution in [3.63, 3.8) is 0 Å². The SMILES string of the molecule is Cc1nc2ccc(NC(=O)Cc3csc(-c4ccsc4)n3)cc2s1. The lowest BCUT2D eigenvalue weighted by molar-refractivity contribution is -0.115. The molecule has 24 heavy (non-hydrogen) atoms. The van der Waals surface area contributed by atoms with E-state index in [1.807, 2.05) is 41.9 Å². The predicted molar refractivity (Wildman–Crippen MR) is 102 cm³/mol. The Morgan fingerprint density at radius 3 is 2.96 bits per heavy atom. The number of aryl methyl sites for hydroxylation is 1. The van der Waals surface area contributed by atoms with Gasteiger partial charge in [0.05, 0.1) is 27.3 Å². The molecule has 4 rings (SSSR count). The number of rotatable bonds is 4. The molecule has 0 bridgehead atoms. The summed E-state index contributed by atoms with van der Waals surface area (Å²) in [5.74, 6) is -0.0576. The molecule has 1 N–H and O–H groups in total. The molecule has 1 amide bonds. The van der Waals surface area contributed by atoms with Crippen LogP contribution in [0.2, 0.25) is 0 Å². The van der Waals surface area contributed by atoms with Crippen LogP contribution in [-0.2, 0) is 11.2 Å². The maximum absolute atomic E-state index is 12.3. The van der Waals surface area contributed by atoms with Gasteiger partial charge < -0.3 is 5.32 Å². The monoisotopic (exact) mass is 371 g/mol. The van der Waals surface area contributed by atoms with Crippen molar-refractivity contribution in [1.82, 2.24) is 9.97 Å². The Bertz CT molecular complexity index is 1000. The third kappa shape index (κ3) is 3.24. The molecule has 0 aliphatic rings. The van der Waals surface area contributed by atoms with Crippen LogP contribution >= 0.6 is 34.0 Å². The van der Waals surface area contributed by atoms with Crippen molar-refractivity contribution in [2.45, 2.75) is 13.3 Å². The summed E-state index contributed by atoms with van der Waals surface area (Å²) in [5.41, 5.74) is 3.68. The lowest BCUT2D eigenvalue weighted by Crippen LogP contribution is -2.14. The minimum atomic E-state index is -0.0576. The molecule has 120 valence electrons. The van der Waals surface area contributed by atoms with Crippen molar-refractivity contribution in [3.05, 3.63) is 51.1 Å². The van der Waals surface area contributed by atoms with Gasteiger partial charge in [0.1, 0.15) is 5.01 Å². The zero-order chi connectivity index (χ0) is 16.5. The number of nitrogens with one attached hydrogen (secondary N) is 1. The minimum absolute atomic E-state index is 0.0576. The highest BCUT2D eigenvalue weighted by Crippen LogP contribution is 2.27. The van der Waals surface area contributed by atoms with Gasteiger partial charge in [-0.15, -0.1) is 22.7 Å². The van der Waals surface area contributed by atoms with E-state index in [-0.39, 0.29) is 12.3 Å². The number of fused-ring (bicyclic) bond motifs is 1. The van der Waals surface area contributed by atoms with E-state index >= 15 is 0 Å². The zero-order valence-corrected chi connectivity index (χ0v) is 15.2. The number of nitrogens with zero attached hydrogens (tertiary/aromatic N) is 2. The zero-order valence-electron chi connectivity index (χ0n) is 12.8. The number of benzene rings is 1. The van der Waals surface area contributed by atoms with Crippen LogP contribution in [0.25, 0.3) is 20.8 Å². The Kier molecular flexibility index (Phi) is 4.13. The number of thiazole rings is 2. The highest BCUT2D eigenvalue weighted by atomic mass is 32.1. The second-order valence-corrected chi connectivity index (χ2v) is 8.17. The molecule has 0 aliphatic heterocycles. The van der Waals surface area contributed by atoms with Crippen molar-refractivity contribution in [2.24, 2.45) is 0 Å². The van der Waals surface area contributed by atoms with Crippen molar-refractivity contribution in [1.29, 1.82) is 0 Å². The van der Waals surface area contributed by atoms with Gasteiger partial charge in [0.25, 0.3) is 0 Å². The molecule has 4 aromatic rings. The van der Waals surface area contributed by atoms with Gasteiger partial charge in [-0.1, -0.05) is 0 Å². The Morgan fingerprint density at radius 1 is 1.21 bits per heavy atom. The first-order chi connectivity index (χ1) is 11.7. The summed E-state index contributed by atoms with van der Waals surface area (Å²) >= 11 is 4.84. The van der Waals surface area contributed by atoms with Gasteiger partial charge in [-0.2, -0.15) is 11.3 Å². The number of thiophene rings is 1. The third-order valence-electron chi connectivity index (χ3n) is 3.44. The Balaban J connectivity index is 1.45. The van der Waals surface area contributed by atoms with Crippen molar-refractivity contribution < 1.29 is 4.79 Å². The van der Waals surface area contributed by atoms with E-state index in [0.29, 0.717) is 0 Å². The van der Waals surface area contributed by atoms with Crippen LogP contribution in [0.15, 0.2) is 40.4 Å². The van der Waals surface area contributed by atoms with Crippen LogP contribution < -0.4 is 5.32 Å². The molecule has 3 aromatic heterocycles. The first kappa shape index (κ1) is 15.4. The molecule has 4 nitrogen and oxygen atoms in total. The van der Waals surface area contributed by atoms with Crippen LogP contribution in [0.4, 0.5) is 5.69 Å². The molecule has 0 fully saturated rings. The summed E-state index contributed by atoms with van der Waals surface area (Å²) in [5, 5.41) is 11.0. The molecule has 0 saturated carbocycles. The molecule has 7 heteroatoms. The third-order valence-corrected chi connectivity index (χ3v) is 6.00. The molecule has 0 aliphatic carbocycles. The molecule has 0 spiro atoms. The largest absolute Gasteiger partial charge is 0.326 e. The molecule has 0 radical (unpaired) electrons. The number of anilines is 1. The Labute approximate surface area is 150 Å². The van der Waals surface area contributed by atoms with Crippen LogP contribution in [0.3, 0.4) is 0 Å². The van der Waals surface area contributed by atoms with Gasteiger partial charge >= 0.3 is 0 Å². The van der Waals surface area contributed by atoms with E-state index in [9.17, 15) is 4.79 Å². The summed E-state index contributed by atoms with van der Waals surface area (Å²) in [7, 11) is 0. The summed E-state index contributed by atoms with van der Waals surface area (Å²) < 4.78 is 1.08. The maximum atomic E-state index is 12.3.